The Balaban J connectivity index is 2.51. The molecular formula is C15H15ClFN3O3S. The number of amides is 1. The van der Waals surface area contributed by atoms with Crippen LogP contribution in [0.1, 0.15) is 17.2 Å². The van der Waals surface area contributed by atoms with E-state index in [0.717, 1.165) is 16.6 Å². The highest BCUT2D eigenvalue weighted by atomic mass is 35.5. The number of hydrogen-bond acceptors (Lipinski definition) is 4. The van der Waals surface area contributed by atoms with E-state index in [4.69, 9.17) is 17.3 Å². The normalized spacial score (nSPS) is 13.0. The van der Waals surface area contributed by atoms with E-state index in [1.807, 2.05) is 0 Å². The zero-order valence-electron chi connectivity index (χ0n) is 12.9. The van der Waals surface area contributed by atoms with Crippen molar-refractivity contribution >= 4 is 27.5 Å². The quantitative estimate of drug-likeness (QED) is 0.814. The number of nitrogens with zero attached hydrogens (tertiary/aromatic N) is 2. The Labute approximate surface area is 144 Å². The Kier molecular flexibility index (Phi) is 5.22. The molecule has 0 aliphatic carbocycles. The van der Waals surface area contributed by atoms with Gasteiger partial charge in [0.15, 0.2) is 0 Å². The molecule has 0 spiro atoms. The number of carbonyl (C=O) groups is 1. The van der Waals surface area contributed by atoms with Crippen molar-refractivity contribution in [2.45, 2.75) is 17.9 Å². The van der Waals surface area contributed by atoms with E-state index in [-0.39, 0.29) is 15.6 Å². The molecule has 2 N–H and O–H groups in total. The van der Waals surface area contributed by atoms with Crippen LogP contribution in [-0.4, -0.2) is 30.7 Å². The Morgan fingerprint density at radius 2 is 2.04 bits per heavy atom. The number of hydrogen-bond donors (Lipinski definition) is 1. The first-order chi connectivity index (χ1) is 11.1. The summed E-state index contributed by atoms with van der Waals surface area (Å²) in [6, 6.07) is 5.02. The van der Waals surface area contributed by atoms with Gasteiger partial charge in [0.2, 0.25) is 15.9 Å². The van der Waals surface area contributed by atoms with Gasteiger partial charge in [0.05, 0.1) is 0 Å². The summed E-state index contributed by atoms with van der Waals surface area (Å²) in [5.74, 6) is -1.53. The molecule has 0 saturated carbocycles. The summed E-state index contributed by atoms with van der Waals surface area (Å²) in [7, 11) is -2.90. The lowest BCUT2D eigenvalue weighted by Gasteiger charge is -2.25. The minimum Gasteiger partial charge on any atom is -0.368 e. The number of primary amides is 1. The summed E-state index contributed by atoms with van der Waals surface area (Å²) in [5, 5.41) is 0.174. The monoisotopic (exact) mass is 371 g/mol. The fourth-order valence-electron chi connectivity index (χ4n) is 2.21. The maximum atomic E-state index is 13.4. The molecule has 1 heterocycles. The van der Waals surface area contributed by atoms with Crippen LogP contribution in [0.3, 0.4) is 0 Å². The Morgan fingerprint density at radius 1 is 1.38 bits per heavy atom. The predicted octanol–water partition coefficient (Wildman–Crippen LogP) is 2.03. The molecule has 0 aliphatic rings. The average molecular weight is 372 g/mol. The largest absolute Gasteiger partial charge is 0.368 e. The van der Waals surface area contributed by atoms with Crippen LogP contribution < -0.4 is 5.73 Å². The molecule has 6 nitrogen and oxygen atoms in total. The van der Waals surface area contributed by atoms with E-state index in [1.165, 1.54) is 31.3 Å². The maximum Gasteiger partial charge on any atom is 0.245 e. The zero-order chi connectivity index (χ0) is 18.1. The Hall–Kier alpha value is -2.03. The van der Waals surface area contributed by atoms with Crippen LogP contribution in [0.4, 0.5) is 4.39 Å². The van der Waals surface area contributed by atoms with Crippen LogP contribution in [0.25, 0.3) is 0 Å². The molecule has 1 atom stereocenters. The van der Waals surface area contributed by atoms with Crippen molar-refractivity contribution in [3.63, 3.8) is 0 Å². The first-order valence-corrected chi connectivity index (χ1v) is 8.61. The van der Waals surface area contributed by atoms with Gasteiger partial charge in [0.1, 0.15) is 21.9 Å². The van der Waals surface area contributed by atoms with Crippen LogP contribution >= 0.6 is 11.6 Å². The molecule has 1 amide bonds. The average Bonchev–Trinajstić information content (AvgIpc) is 2.49. The lowest BCUT2D eigenvalue weighted by Crippen LogP contribution is -2.39. The molecule has 0 saturated heterocycles. The number of likely N-dealkylation sites (N-methyl/N-ethyl adjacent to an activating group) is 1. The number of aryl methyl sites for hydroxylation is 1. The number of carbonyl (C=O) groups excluding carboxylic acids is 1. The second kappa shape index (κ2) is 6.84. The predicted molar refractivity (Wildman–Crippen MR) is 87.3 cm³/mol. The highest BCUT2D eigenvalue weighted by Crippen LogP contribution is 2.27. The van der Waals surface area contributed by atoms with Crippen molar-refractivity contribution in [2.75, 3.05) is 7.05 Å². The van der Waals surface area contributed by atoms with Gasteiger partial charge in [-0.05, 0) is 36.2 Å². The fraction of sp³-hybridized carbons (Fsp3) is 0.200. The van der Waals surface area contributed by atoms with Crippen molar-refractivity contribution in [1.29, 1.82) is 0 Å². The fourth-order valence-corrected chi connectivity index (χ4v) is 3.66. The molecule has 1 aromatic heterocycles. The van der Waals surface area contributed by atoms with Crippen LogP contribution in [-0.2, 0) is 14.8 Å². The zero-order valence-corrected chi connectivity index (χ0v) is 14.5. The van der Waals surface area contributed by atoms with Crippen molar-refractivity contribution in [1.82, 2.24) is 9.29 Å². The summed E-state index contributed by atoms with van der Waals surface area (Å²) < 4.78 is 39.7. The van der Waals surface area contributed by atoms with Gasteiger partial charge < -0.3 is 5.73 Å². The standard InChI is InChI=1S/C15H15ClFN3O3S/c1-9-6-12(8-19-14(9)16)24(22,23)20(2)13(15(18)21)10-4-3-5-11(17)7-10/h3-8,13H,1-2H3,(H2,18,21). The summed E-state index contributed by atoms with van der Waals surface area (Å²) in [5.41, 5.74) is 5.94. The number of halogens is 2. The molecule has 0 bridgehead atoms. The van der Waals surface area contributed by atoms with Crippen molar-refractivity contribution < 1.29 is 17.6 Å². The van der Waals surface area contributed by atoms with Crippen LogP contribution in [0.5, 0.6) is 0 Å². The highest BCUT2D eigenvalue weighted by Gasteiger charge is 2.33. The van der Waals surface area contributed by atoms with Gasteiger partial charge in [-0.1, -0.05) is 23.7 Å². The van der Waals surface area contributed by atoms with E-state index >= 15 is 0 Å². The van der Waals surface area contributed by atoms with Crippen LogP contribution in [0, 0.1) is 12.7 Å². The number of benzene rings is 1. The second-order valence-corrected chi connectivity index (χ2v) is 7.52. The molecule has 24 heavy (non-hydrogen) atoms. The number of nitrogens with two attached hydrogens (primary N) is 1. The molecule has 2 aromatic rings. The first-order valence-electron chi connectivity index (χ1n) is 6.79. The summed E-state index contributed by atoms with van der Waals surface area (Å²) in [4.78, 5) is 15.5. The van der Waals surface area contributed by atoms with Gasteiger partial charge in [-0.25, -0.2) is 17.8 Å². The van der Waals surface area contributed by atoms with Crippen molar-refractivity contribution in [3.05, 3.63) is 58.6 Å². The highest BCUT2D eigenvalue weighted by molar-refractivity contribution is 7.89. The summed E-state index contributed by atoms with van der Waals surface area (Å²) in [6.07, 6.45) is 1.09. The first kappa shape index (κ1) is 18.3. The summed E-state index contributed by atoms with van der Waals surface area (Å²) in [6.45, 7) is 1.60. The van der Waals surface area contributed by atoms with E-state index in [1.54, 1.807) is 6.92 Å². The van der Waals surface area contributed by atoms with Crippen molar-refractivity contribution in [2.24, 2.45) is 5.73 Å². The maximum absolute atomic E-state index is 13.4. The van der Waals surface area contributed by atoms with Gasteiger partial charge in [0.25, 0.3) is 0 Å². The molecule has 0 aliphatic heterocycles. The number of sulfonamides is 1. The second-order valence-electron chi connectivity index (χ2n) is 5.16. The molecule has 1 aromatic carbocycles. The Morgan fingerprint density at radius 3 is 2.58 bits per heavy atom. The molecule has 128 valence electrons. The third-order valence-corrected chi connectivity index (χ3v) is 5.65. The SMILES string of the molecule is Cc1cc(S(=O)(=O)N(C)C(C(N)=O)c2cccc(F)c2)cnc1Cl. The number of rotatable bonds is 5. The third kappa shape index (κ3) is 3.55. The minimum atomic E-state index is -4.09. The molecule has 9 heteroatoms. The van der Waals surface area contributed by atoms with E-state index in [9.17, 15) is 17.6 Å². The molecule has 1 unspecified atom stereocenters. The topological polar surface area (TPSA) is 93.4 Å². The van der Waals surface area contributed by atoms with Gasteiger partial charge in [-0.2, -0.15) is 4.31 Å². The van der Waals surface area contributed by atoms with E-state index in [0.29, 0.717) is 5.56 Å². The molecule has 0 fully saturated rings. The summed E-state index contributed by atoms with van der Waals surface area (Å²) >= 11 is 5.80. The lowest BCUT2D eigenvalue weighted by molar-refractivity contribution is -0.121. The molecule has 0 radical (unpaired) electrons. The van der Waals surface area contributed by atoms with Gasteiger partial charge in [0, 0.05) is 13.2 Å². The smallest absolute Gasteiger partial charge is 0.245 e. The van der Waals surface area contributed by atoms with Crippen LogP contribution in [0.2, 0.25) is 5.15 Å². The molecular weight excluding hydrogens is 357 g/mol. The van der Waals surface area contributed by atoms with Gasteiger partial charge >= 0.3 is 0 Å². The molecule has 2 rings (SSSR count). The van der Waals surface area contributed by atoms with Crippen LogP contribution in [0.15, 0.2) is 41.4 Å². The lowest BCUT2D eigenvalue weighted by atomic mass is 10.1. The van der Waals surface area contributed by atoms with Gasteiger partial charge in [-0.3, -0.25) is 4.79 Å². The number of aromatic nitrogens is 1. The minimum absolute atomic E-state index is 0.132. The number of pyridine rings is 1. The van der Waals surface area contributed by atoms with Crippen molar-refractivity contribution in [3.8, 4) is 0 Å². The Bertz CT molecular complexity index is 889. The van der Waals surface area contributed by atoms with E-state index < -0.39 is 27.8 Å². The van der Waals surface area contributed by atoms with E-state index in [2.05, 4.69) is 4.98 Å². The third-order valence-electron chi connectivity index (χ3n) is 3.46. The van der Waals surface area contributed by atoms with Gasteiger partial charge in [-0.15, -0.1) is 0 Å².